The molecule has 0 heterocycles. The van der Waals surface area contributed by atoms with Crippen LogP contribution in [0.1, 0.15) is 11.1 Å². The minimum absolute atomic E-state index is 0.0879. The van der Waals surface area contributed by atoms with Crippen molar-refractivity contribution < 1.29 is 4.92 Å². The molecule has 0 aliphatic heterocycles. The molecule has 5 heteroatoms. The third-order valence-corrected chi connectivity index (χ3v) is 2.96. The number of nitrogens with one attached hydrogen (secondary N) is 1. The summed E-state index contributed by atoms with van der Waals surface area (Å²) in [5, 5.41) is 14.6. The molecule has 0 saturated heterocycles. The van der Waals surface area contributed by atoms with Crippen LogP contribution in [0.4, 0.5) is 5.69 Å². The molecule has 0 fully saturated rings. The van der Waals surface area contributed by atoms with Crippen molar-refractivity contribution in [2.24, 2.45) is 0 Å². The second-order valence-corrected chi connectivity index (χ2v) is 4.56. The van der Waals surface area contributed by atoms with E-state index in [1.165, 1.54) is 12.1 Å². The SMILES string of the molecule is O=[N+]([O-])c1ccc(Cl)cc1CNCc1ccccc1. The zero-order valence-corrected chi connectivity index (χ0v) is 10.9. The molecule has 0 atom stereocenters. The molecule has 2 rings (SSSR count). The Hall–Kier alpha value is -1.91. The highest BCUT2D eigenvalue weighted by Crippen LogP contribution is 2.22. The van der Waals surface area contributed by atoms with Crippen LogP contribution in [0.3, 0.4) is 0 Å². The van der Waals surface area contributed by atoms with E-state index < -0.39 is 4.92 Å². The van der Waals surface area contributed by atoms with Crippen molar-refractivity contribution >= 4 is 17.3 Å². The van der Waals surface area contributed by atoms with Crippen molar-refractivity contribution in [2.45, 2.75) is 13.1 Å². The number of hydrogen-bond acceptors (Lipinski definition) is 3. The van der Waals surface area contributed by atoms with Gasteiger partial charge in [0.1, 0.15) is 0 Å². The fourth-order valence-electron chi connectivity index (χ4n) is 1.81. The summed E-state index contributed by atoms with van der Waals surface area (Å²) in [6.45, 7) is 1.07. The number of nitro benzene ring substituents is 1. The van der Waals surface area contributed by atoms with Crippen molar-refractivity contribution in [3.8, 4) is 0 Å². The second kappa shape index (κ2) is 6.31. The highest BCUT2D eigenvalue weighted by Gasteiger charge is 2.13. The fourth-order valence-corrected chi connectivity index (χ4v) is 2.01. The number of nitrogens with zero attached hydrogens (tertiary/aromatic N) is 1. The summed E-state index contributed by atoms with van der Waals surface area (Å²) in [5.74, 6) is 0. The second-order valence-electron chi connectivity index (χ2n) is 4.12. The maximum absolute atomic E-state index is 10.9. The molecule has 19 heavy (non-hydrogen) atoms. The summed E-state index contributed by atoms with van der Waals surface area (Å²) in [5.41, 5.74) is 1.81. The van der Waals surface area contributed by atoms with E-state index in [1.54, 1.807) is 6.07 Å². The molecule has 4 nitrogen and oxygen atoms in total. The Bertz CT molecular complexity index is 573. The van der Waals surface area contributed by atoms with Crippen LogP contribution in [0.5, 0.6) is 0 Å². The number of hydrogen-bond donors (Lipinski definition) is 1. The molecule has 0 aromatic heterocycles. The highest BCUT2D eigenvalue weighted by molar-refractivity contribution is 6.30. The van der Waals surface area contributed by atoms with Gasteiger partial charge in [-0.1, -0.05) is 41.9 Å². The van der Waals surface area contributed by atoms with E-state index in [2.05, 4.69) is 5.32 Å². The lowest BCUT2D eigenvalue weighted by Crippen LogP contribution is -2.13. The van der Waals surface area contributed by atoms with E-state index in [9.17, 15) is 10.1 Å². The average Bonchev–Trinajstić information content (AvgIpc) is 2.39. The zero-order chi connectivity index (χ0) is 13.7. The standard InChI is InChI=1S/C14H13ClN2O2/c15-13-6-7-14(17(18)19)12(8-13)10-16-9-11-4-2-1-3-5-11/h1-8,16H,9-10H2. The van der Waals surface area contributed by atoms with Crippen molar-refractivity contribution in [2.75, 3.05) is 0 Å². The molecule has 98 valence electrons. The average molecular weight is 277 g/mol. The van der Waals surface area contributed by atoms with Gasteiger partial charge in [-0.25, -0.2) is 0 Å². The first kappa shape index (κ1) is 13.5. The van der Waals surface area contributed by atoms with Gasteiger partial charge in [-0.05, 0) is 17.7 Å². The molecule has 1 N–H and O–H groups in total. The number of nitro groups is 1. The van der Waals surface area contributed by atoms with Gasteiger partial charge in [0.15, 0.2) is 0 Å². The largest absolute Gasteiger partial charge is 0.308 e. The number of rotatable bonds is 5. The molecule has 0 aliphatic rings. The topological polar surface area (TPSA) is 55.2 Å². The Labute approximate surface area is 116 Å². The van der Waals surface area contributed by atoms with Crippen LogP contribution in [-0.4, -0.2) is 4.92 Å². The van der Waals surface area contributed by atoms with Crippen LogP contribution in [0.15, 0.2) is 48.5 Å². The summed E-state index contributed by atoms with van der Waals surface area (Å²) in [4.78, 5) is 10.5. The van der Waals surface area contributed by atoms with E-state index in [4.69, 9.17) is 11.6 Å². The molecule has 0 aliphatic carbocycles. The molecule has 0 unspecified atom stereocenters. The van der Waals surface area contributed by atoms with Crippen LogP contribution < -0.4 is 5.32 Å². The number of benzene rings is 2. The van der Waals surface area contributed by atoms with Crippen LogP contribution in [-0.2, 0) is 13.1 Å². The molecule has 0 radical (unpaired) electrons. The van der Waals surface area contributed by atoms with Gasteiger partial charge in [0, 0.05) is 29.7 Å². The summed E-state index contributed by atoms with van der Waals surface area (Å²) >= 11 is 5.87. The minimum atomic E-state index is -0.393. The monoisotopic (exact) mass is 276 g/mol. The predicted molar refractivity (Wildman–Crippen MR) is 75.1 cm³/mol. The normalized spacial score (nSPS) is 10.4. The van der Waals surface area contributed by atoms with Crippen LogP contribution in [0.2, 0.25) is 5.02 Å². The molecular weight excluding hydrogens is 264 g/mol. The van der Waals surface area contributed by atoms with Gasteiger partial charge in [-0.2, -0.15) is 0 Å². The third-order valence-electron chi connectivity index (χ3n) is 2.73. The summed E-state index contributed by atoms with van der Waals surface area (Å²) in [7, 11) is 0. The Kier molecular flexibility index (Phi) is 4.49. The molecule has 0 spiro atoms. The Balaban J connectivity index is 2.03. The summed E-state index contributed by atoms with van der Waals surface area (Å²) in [6, 6.07) is 14.4. The van der Waals surface area contributed by atoms with Gasteiger partial charge in [-0.15, -0.1) is 0 Å². The van der Waals surface area contributed by atoms with Gasteiger partial charge in [0.25, 0.3) is 5.69 Å². The lowest BCUT2D eigenvalue weighted by Gasteiger charge is -2.06. The first-order valence-corrected chi connectivity index (χ1v) is 6.22. The van der Waals surface area contributed by atoms with E-state index in [1.807, 2.05) is 30.3 Å². The van der Waals surface area contributed by atoms with Gasteiger partial charge in [0.2, 0.25) is 0 Å². The van der Waals surface area contributed by atoms with E-state index in [0.717, 1.165) is 5.56 Å². The molecular formula is C14H13ClN2O2. The smallest absolute Gasteiger partial charge is 0.273 e. The lowest BCUT2D eigenvalue weighted by molar-refractivity contribution is -0.385. The lowest BCUT2D eigenvalue weighted by atomic mass is 10.1. The Morgan fingerprint density at radius 2 is 1.84 bits per heavy atom. The van der Waals surface area contributed by atoms with E-state index in [0.29, 0.717) is 23.7 Å². The maximum Gasteiger partial charge on any atom is 0.273 e. The third kappa shape index (κ3) is 3.77. The molecule has 2 aromatic rings. The van der Waals surface area contributed by atoms with Gasteiger partial charge in [0.05, 0.1) is 4.92 Å². The zero-order valence-electron chi connectivity index (χ0n) is 10.2. The molecule has 0 saturated carbocycles. The first-order chi connectivity index (χ1) is 9.16. The van der Waals surface area contributed by atoms with Gasteiger partial charge < -0.3 is 5.32 Å². The van der Waals surface area contributed by atoms with Crippen molar-refractivity contribution in [1.29, 1.82) is 0 Å². The molecule has 0 amide bonds. The van der Waals surface area contributed by atoms with Crippen molar-refractivity contribution in [3.05, 3.63) is 74.8 Å². The summed E-state index contributed by atoms with van der Waals surface area (Å²) < 4.78 is 0. The van der Waals surface area contributed by atoms with Gasteiger partial charge in [-0.3, -0.25) is 10.1 Å². The van der Waals surface area contributed by atoms with Crippen molar-refractivity contribution in [3.63, 3.8) is 0 Å². The Morgan fingerprint density at radius 3 is 2.53 bits per heavy atom. The maximum atomic E-state index is 10.9. The van der Waals surface area contributed by atoms with Crippen molar-refractivity contribution in [1.82, 2.24) is 5.32 Å². The molecule has 0 bridgehead atoms. The Morgan fingerprint density at radius 1 is 1.11 bits per heavy atom. The predicted octanol–water partition coefficient (Wildman–Crippen LogP) is 3.54. The van der Waals surface area contributed by atoms with Crippen LogP contribution in [0, 0.1) is 10.1 Å². The first-order valence-electron chi connectivity index (χ1n) is 5.84. The van der Waals surface area contributed by atoms with E-state index in [-0.39, 0.29) is 5.69 Å². The molecule has 2 aromatic carbocycles. The van der Waals surface area contributed by atoms with Gasteiger partial charge >= 0.3 is 0 Å². The van der Waals surface area contributed by atoms with Crippen LogP contribution in [0.25, 0.3) is 0 Å². The number of halogens is 1. The van der Waals surface area contributed by atoms with Crippen LogP contribution >= 0.6 is 11.6 Å². The van der Waals surface area contributed by atoms with E-state index >= 15 is 0 Å². The highest BCUT2D eigenvalue weighted by atomic mass is 35.5. The minimum Gasteiger partial charge on any atom is -0.308 e. The quantitative estimate of drug-likeness (QED) is 0.671. The summed E-state index contributed by atoms with van der Waals surface area (Å²) in [6.07, 6.45) is 0. The fraction of sp³-hybridized carbons (Fsp3) is 0.143.